The number of hydrogen-bond acceptors (Lipinski definition) is 4. The summed E-state index contributed by atoms with van der Waals surface area (Å²) in [5, 5.41) is 0. The van der Waals surface area contributed by atoms with E-state index in [4.69, 9.17) is 4.74 Å². The lowest BCUT2D eigenvalue weighted by atomic mass is 10.2. The summed E-state index contributed by atoms with van der Waals surface area (Å²) in [4.78, 5) is 4.09. The number of hydrogen-bond donors (Lipinski definition) is 1. The topological polar surface area (TPSA) is 68.3 Å². The van der Waals surface area contributed by atoms with Crippen molar-refractivity contribution in [2.75, 3.05) is 11.3 Å². The molecule has 1 heterocycles. The fourth-order valence-electron chi connectivity index (χ4n) is 1.91. The van der Waals surface area contributed by atoms with Crippen LogP contribution in [0.2, 0.25) is 0 Å². The van der Waals surface area contributed by atoms with Crippen molar-refractivity contribution in [3.05, 3.63) is 48.3 Å². The summed E-state index contributed by atoms with van der Waals surface area (Å²) in [6.07, 6.45) is 5.08. The average molecular weight is 320 g/mol. The number of aryl methyl sites for hydroxylation is 1. The Hall–Kier alpha value is -2.08. The van der Waals surface area contributed by atoms with E-state index in [-0.39, 0.29) is 4.90 Å². The highest BCUT2D eigenvalue weighted by Crippen LogP contribution is 2.23. The van der Waals surface area contributed by atoms with E-state index in [1.807, 2.05) is 6.92 Å². The van der Waals surface area contributed by atoms with Crippen molar-refractivity contribution in [2.24, 2.45) is 0 Å². The molecule has 118 valence electrons. The third-order valence-corrected chi connectivity index (χ3v) is 4.50. The Morgan fingerprint density at radius 2 is 2.09 bits per heavy atom. The van der Waals surface area contributed by atoms with Crippen molar-refractivity contribution in [3.8, 4) is 5.75 Å². The maximum atomic E-state index is 12.3. The van der Waals surface area contributed by atoms with Gasteiger partial charge in [0.2, 0.25) is 0 Å². The van der Waals surface area contributed by atoms with Crippen molar-refractivity contribution < 1.29 is 13.2 Å². The van der Waals surface area contributed by atoms with Crippen LogP contribution in [0.3, 0.4) is 0 Å². The SMILES string of the molecule is CCCCOc1ccc(S(=O)(=O)Nc2cccnc2)cc1C. The number of pyridine rings is 1. The van der Waals surface area contributed by atoms with Crippen LogP contribution in [0.1, 0.15) is 25.3 Å². The molecule has 2 aromatic rings. The molecule has 0 saturated carbocycles. The zero-order valence-corrected chi connectivity index (χ0v) is 13.6. The second-order valence-corrected chi connectivity index (χ2v) is 6.66. The van der Waals surface area contributed by atoms with E-state index in [0.717, 1.165) is 18.4 Å². The van der Waals surface area contributed by atoms with Gasteiger partial charge < -0.3 is 4.74 Å². The van der Waals surface area contributed by atoms with E-state index in [0.29, 0.717) is 18.0 Å². The first-order valence-electron chi connectivity index (χ1n) is 7.19. The van der Waals surface area contributed by atoms with Gasteiger partial charge in [-0.05, 0) is 49.2 Å². The lowest BCUT2D eigenvalue weighted by Gasteiger charge is -2.12. The molecule has 1 aromatic heterocycles. The van der Waals surface area contributed by atoms with Crippen LogP contribution in [0.4, 0.5) is 5.69 Å². The largest absolute Gasteiger partial charge is 0.493 e. The second-order valence-electron chi connectivity index (χ2n) is 4.98. The fraction of sp³-hybridized carbons (Fsp3) is 0.312. The molecule has 22 heavy (non-hydrogen) atoms. The fourth-order valence-corrected chi connectivity index (χ4v) is 3.04. The minimum Gasteiger partial charge on any atom is -0.493 e. The lowest BCUT2D eigenvalue weighted by molar-refractivity contribution is 0.307. The van der Waals surface area contributed by atoms with Crippen molar-refractivity contribution in [1.82, 2.24) is 4.98 Å². The molecule has 0 fully saturated rings. The van der Waals surface area contributed by atoms with Gasteiger partial charge in [0.15, 0.2) is 0 Å². The van der Waals surface area contributed by atoms with Gasteiger partial charge in [0.05, 0.1) is 23.4 Å². The lowest BCUT2D eigenvalue weighted by Crippen LogP contribution is -2.13. The Kier molecular flexibility index (Phi) is 5.38. The number of ether oxygens (including phenoxy) is 1. The maximum Gasteiger partial charge on any atom is 0.261 e. The second kappa shape index (κ2) is 7.26. The molecule has 0 unspecified atom stereocenters. The molecule has 2 rings (SSSR count). The number of sulfonamides is 1. The molecule has 0 saturated heterocycles. The zero-order chi connectivity index (χ0) is 16.0. The first kappa shape index (κ1) is 16.3. The average Bonchev–Trinajstić information content (AvgIpc) is 2.49. The number of unbranched alkanes of at least 4 members (excludes halogenated alkanes) is 1. The molecular weight excluding hydrogens is 300 g/mol. The normalized spacial score (nSPS) is 11.2. The van der Waals surface area contributed by atoms with Gasteiger partial charge in [-0.1, -0.05) is 13.3 Å². The first-order valence-corrected chi connectivity index (χ1v) is 8.67. The number of aromatic nitrogens is 1. The van der Waals surface area contributed by atoms with Gasteiger partial charge in [0.25, 0.3) is 10.0 Å². The molecule has 0 aliphatic carbocycles. The highest BCUT2D eigenvalue weighted by Gasteiger charge is 2.15. The van der Waals surface area contributed by atoms with Gasteiger partial charge in [0, 0.05) is 6.20 Å². The van der Waals surface area contributed by atoms with E-state index in [2.05, 4.69) is 16.6 Å². The Morgan fingerprint density at radius 1 is 1.27 bits per heavy atom. The molecule has 0 bridgehead atoms. The molecule has 0 aliphatic heterocycles. The highest BCUT2D eigenvalue weighted by molar-refractivity contribution is 7.92. The van der Waals surface area contributed by atoms with E-state index in [9.17, 15) is 8.42 Å². The van der Waals surface area contributed by atoms with Gasteiger partial charge in [-0.3, -0.25) is 9.71 Å². The van der Waals surface area contributed by atoms with Crippen LogP contribution >= 0.6 is 0 Å². The smallest absolute Gasteiger partial charge is 0.261 e. The molecule has 0 radical (unpaired) electrons. The van der Waals surface area contributed by atoms with Crippen LogP contribution in [0.15, 0.2) is 47.6 Å². The van der Waals surface area contributed by atoms with Gasteiger partial charge in [-0.2, -0.15) is 0 Å². The van der Waals surface area contributed by atoms with Gasteiger partial charge in [-0.15, -0.1) is 0 Å². The minimum absolute atomic E-state index is 0.205. The van der Waals surface area contributed by atoms with Crippen molar-refractivity contribution in [2.45, 2.75) is 31.6 Å². The third kappa shape index (κ3) is 4.21. The summed E-state index contributed by atoms with van der Waals surface area (Å²) < 4.78 is 32.8. The summed E-state index contributed by atoms with van der Waals surface area (Å²) in [7, 11) is -3.62. The third-order valence-electron chi connectivity index (χ3n) is 3.13. The number of anilines is 1. The summed E-state index contributed by atoms with van der Waals surface area (Å²) in [5.74, 6) is 0.716. The Labute approximate surface area is 131 Å². The predicted molar refractivity (Wildman–Crippen MR) is 86.6 cm³/mol. The van der Waals surface area contributed by atoms with Gasteiger partial charge in [0.1, 0.15) is 5.75 Å². The summed E-state index contributed by atoms with van der Waals surface area (Å²) in [5.41, 5.74) is 1.23. The Balaban J connectivity index is 2.16. The van der Waals surface area contributed by atoms with Crippen LogP contribution < -0.4 is 9.46 Å². The quantitative estimate of drug-likeness (QED) is 0.794. The molecule has 1 aromatic carbocycles. The number of nitrogens with one attached hydrogen (secondary N) is 1. The van der Waals surface area contributed by atoms with Crippen LogP contribution in [-0.4, -0.2) is 20.0 Å². The molecule has 0 aliphatic rings. The molecule has 0 amide bonds. The molecule has 6 heteroatoms. The summed E-state index contributed by atoms with van der Waals surface area (Å²) in [6.45, 7) is 4.57. The number of rotatable bonds is 7. The van der Waals surface area contributed by atoms with E-state index < -0.39 is 10.0 Å². The van der Waals surface area contributed by atoms with Crippen molar-refractivity contribution >= 4 is 15.7 Å². The Morgan fingerprint density at radius 3 is 2.73 bits per heavy atom. The molecule has 5 nitrogen and oxygen atoms in total. The first-order chi connectivity index (χ1) is 10.5. The number of nitrogens with zero attached hydrogens (tertiary/aromatic N) is 1. The summed E-state index contributed by atoms with van der Waals surface area (Å²) in [6, 6.07) is 8.18. The minimum atomic E-state index is -3.62. The monoisotopic (exact) mass is 320 g/mol. The van der Waals surface area contributed by atoms with Crippen molar-refractivity contribution in [1.29, 1.82) is 0 Å². The Bertz CT molecular complexity index is 715. The summed E-state index contributed by atoms with van der Waals surface area (Å²) >= 11 is 0. The molecular formula is C16H20N2O3S. The maximum absolute atomic E-state index is 12.3. The molecule has 0 spiro atoms. The van der Waals surface area contributed by atoms with E-state index >= 15 is 0 Å². The highest BCUT2D eigenvalue weighted by atomic mass is 32.2. The standard InChI is InChI=1S/C16H20N2O3S/c1-3-4-10-21-16-8-7-15(11-13(16)2)22(19,20)18-14-6-5-9-17-12-14/h5-9,11-12,18H,3-4,10H2,1-2H3. The zero-order valence-electron chi connectivity index (χ0n) is 12.7. The predicted octanol–water partition coefficient (Wildman–Crippen LogP) is 3.37. The van der Waals surface area contributed by atoms with Crippen LogP contribution in [-0.2, 0) is 10.0 Å². The molecule has 0 atom stereocenters. The van der Waals surface area contributed by atoms with Crippen LogP contribution in [0.5, 0.6) is 5.75 Å². The van der Waals surface area contributed by atoms with Gasteiger partial charge >= 0.3 is 0 Å². The van der Waals surface area contributed by atoms with Gasteiger partial charge in [-0.25, -0.2) is 8.42 Å². The van der Waals surface area contributed by atoms with Crippen LogP contribution in [0, 0.1) is 6.92 Å². The van der Waals surface area contributed by atoms with Crippen LogP contribution in [0.25, 0.3) is 0 Å². The van der Waals surface area contributed by atoms with Crippen molar-refractivity contribution in [3.63, 3.8) is 0 Å². The number of benzene rings is 1. The molecule has 1 N–H and O–H groups in total. The van der Waals surface area contributed by atoms with E-state index in [1.54, 1.807) is 36.5 Å². The van der Waals surface area contributed by atoms with E-state index in [1.165, 1.54) is 6.20 Å².